The van der Waals surface area contributed by atoms with Crippen LogP contribution in [0.4, 0.5) is 10.1 Å². The van der Waals surface area contributed by atoms with E-state index < -0.39 is 0 Å². The summed E-state index contributed by atoms with van der Waals surface area (Å²) in [5.41, 5.74) is 11.7. The molecule has 0 radical (unpaired) electrons. The molecule has 0 unspecified atom stereocenters. The standard InChI is InChI=1S/C20H19FN2/c1-15-12-18(21)10-11-20(15)17-7-5-6-16(13-17)14-22-23-19-8-3-2-4-9-19/h2-13,22-23H,14H2,1H3. The Labute approximate surface area is 136 Å². The third-order valence-electron chi connectivity index (χ3n) is 3.73. The van der Waals surface area contributed by atoms with Gasteiger partial charge in [0.1, 0.15) is 5.82 Å². The summed E-state index contributed by atoms with van der Waals surface area (Å²) in [6, 6.07) is 23.1. The first-order chi connectivity index (χ1) is 11.2. The highest BCUT2D eigenvalue weighted by Crippen LogP contribution is 2.24. The second kappa shape index (κ2) is 7.07. The molecular formula is C20H19FN2. The van der Waals surface area contributed by atoms with Crippen molar-refractivity contribution in [3.63, 3.8) is 0 Å². The molecule has 0 aliphatic heterocycles. The monoisotopic (exact) mass is 306 g/mol. The minimum Gasteiger partial charge on any atom is -0.321 e. The number of hydrogen-bond donors (Lipinski definition) is 2. The molecule has 0 spiro atoms. The topological polar surface area (TPSA) is 24.1 Å². The zero-order valence-electron chi connectivity index (χ0n) is 13.0. The highest BCUT2D eigenvalue weighted by Gasteiger charge is 2.04. The van der Waals surface area contributed by atoms with Crippen LogP contribution in [0.5, 0.6) is 0 Å². The van der Waals surface area contributed by atoms with Crippen molar-refractivity contribution in [1.29, 1.82) is 0 Å². The molecule has 0 aliphatic carbocycles. The van der Waals surface area contributed by atoms with Crippen LogP contribution >= 0.6 is 0 Å². The average Bonchev–Trinajstić information content (AvgIpc) is 2.56. The van der Waals surface area contributed by atoms with E-state index >= 15 is 0 Å². The van der Waals surface area contributed by atoms with Crippen LogP contribution < -0.4 is 10.9 Å². The second-order valence-corrected chi connectivity index (χ2v) is 5.50. The summed E-state index contributed by atoms with van der Waals surface area (Å²) in [5.74, 6) is -0.198. The first kappa shape index (κ1) is 15.3. The van der Waals surface area contributed by atoms with Crippen LogP contribution in [0.25, 0.3) is 11.1 Å². The van der Waals surface area contributed by atoms with Crippen molar-refractivity contribution in [2.75, 3.05) is 5.43 Å². The molecule has 0 aliphatic rings. The molecule has 2 nitrogen and oxygen atoms in total. The molecule has 116 valence electrons. The van der Waals surface area contributed by atoms with Gasteiger partial charge in [-0.15, -0.1) is 0 Å². The van der Waals surface area contributed by atoms with Crippen LogP contribution in [0.3, 0.4) is 0 Å². The van der Waals surface area contributed by atoms with E-state index in [-0.39, 0.29) is 5.82 Å². The summed E-state index contributed by atoms with van der Waals surface area (Å²) in [4.78, 5) is 0. The molecule has 0 heterocycles. The summed E-state index contributed by atoms with van der Waals surface area (Å²) in [5, 5.41) is 0. The summed E-state index contributed by atoms with van der Waals surface area (Å²) >= 11 is 0. The van der Waals surface area contributed by atoms with Gasteiger partial charge in [-0.25, -0.2) is 9.82 Å². The Balaban J connectivity index is 1.70. The number of nitrogens with one attached hydrogen (secondary N) is 2. The maximum Gasteiger partial charge on any atom is 0.123 e. The Bertz CT molecular complexity index is 785. The van der Waals surface area contributed by atoms with Gasteiger partial charge in [0, 0.05) is 12.2 Å². The lowest BCUT2D eigenvalue weighted by Crippen LogP contribution is -2.20. The van der Waals surface area contributed by atoms with Gasteiger partial charge in [0.25, 0.3) is 0 Å². The number of para-hydroxylation sites is 1. The number of benzene rings is 3. The van der Waals surface area contributed by atoms with Crippen LogP contribution in [0.15, 0.2) is 72.8 Å². The maximum atomic E-state index is 13.3. The van der Waals surface area contributed by atoms with Gasteiger partial charge < -0.3 is 5.43 Å². The van der Waals surface area contributed by atoms with Crippen LogP contribution in [0.1, 0.15) is 11.1 Å². The van der Waals surface area contributed by atoms with Gasteiger partial charge in [-0.2, -0.15) is 0 Å². The Hall–Kier alpha value is -2.65. The molecule has 0 fully saturated rings. The van der Waals surface area contributed by atoms with Gasteiger partial charge in [-0.1, -0.05) is 42.5 Å². The van der Waals surface area contributed by atoms with E-state index in [2.05, 4.69) is 23.0 Å². The summed E-state index contributed by atoms with van der Waals surface area (Å²) in [7, 11) is 0. The molecule has 0 amide bonds. The first-order valence-electron chi connectivity index (χ1n) is 7.62. The second-order valence-electron chi connectivity index (χ2n) is 5.50. The molecule has 2 N–H and O–H groups in total. The quantitative estimate of drug-likeness (QED) is 0.654. The maximum absolute atomic E-state index is 13.3. The van der Waals surface area contributed by atoms with E-state index in [1.54, 1.807) is 6.07 Å². The smallest absolute Gasteiger partial charge is 0.123 e. The minimum absolute atomic E-state index is 0.198. The van der Waals surface area contributed by atoms with E-state index in [9.17, 15) is 4.39 Å². The highest BCUT2D eigenvalue weighted by molar-refractivity contribution is 5.67. The van der Waals surface area contributed by atoms with Gasteiger partial charge in [-0.3, -0.25) is 0 Å². The van der Waals surface area contributed by atoms with Crippen molar-refractivity contribution in [2.24, 2.45) is 0 Å². The number of rotatable bonds is 5. The van der Waals surface area contributed by atoms with Crippen molar-refractivity contribution in [1.82, 2.24) is 5.43 Å². The fraction of sp³-hybridized carbons (Fsp3) is 0.100. The first-order valence-corrected chi connectivity index (χ1v) is 7.62. The van der Waals surface area contributed by atoms with Gasteiger partial charge >= 0.3 is 0 Å². The summed E-state index contributed by atoms with van der Waals surface area (Å²) in [6.07, 6.45) is 0. The van der Waals surface area contributed by atoms with Crippen LogP contribution in [-0.2, 0) is 6.54 Å². The Morgan fingerprint density at radius 1 is 0.870 bits per heavy atom. The predicted molar refractivity (Wildman–Crippen MR) is 93.5 cm³/mol. The number of hydrogen-bond acceptors (Lipinski definition) is 2. The molecule has 0 saturated carbocycles. The molecule has 3 aromatic carbocycles. The minimum atomic E-state index is -0.198. The zero-order chi connectivity index (χ0) is 16.1. The highest BCUT2D eigenvalue weighted by atomic mass is 19.1. The molecular weight excluding hydrogens is 287 g/mol. The van der Waals surface area contributed by atoms with Crippen LogP contribution in [-0.4, -0.2) is 0 Å². The third kappa shape index (κ3) is 3.96. The van der Waals surface area contributed by atoms with Gasteiger partial charge in [0.05, 0.1) is 0 Å². The van der Waals surface area contributed by atoms with Crippen LogP contribution in [0.2, 0.25) is 0 Å². The van der Waals surface area contributed by atoms with E-state index in [1.807, 2.05) is 55.5 Å². The zero-order valence-corrected chi connectivity index (χ0v) is 13.0. The fourth-order valence-corrected chi connectivity index (χ4v) is 2.57. The van der Waals surface area contributed by atoms with E-state index in [1.165, 1.54) is 6.07 Å². The van der Waals surface area contributed by atoms with Gasteiger partial charge in [-0.05, 0) is 59.5 Å². The van der Waals surface area contributed by atoms with E-state index in [0.717, 1.165) is 27.9 Å². The molecule has 0 aromatic heterocycles. The fourth-order valence-electron chi connectivity index (χ4n) is 2.57. The van der Waals surface area contributed by atoms with Gasteiger partial charge in [0.15, 0.2) is 0 Å². The Morgan fingerprint density at radius 2 is 1.70 bits per heavy atom. The Morgan fingerprint density at radius 3 is 2.48 bits per heavy atom. The molecule has 3 aromatic rings. The van der Waals surface area contributed by atoms with Crippen molar-refractivity contribution in [3.8, 4) is 11.1 Å². The van der Waals surface area contributed by atoms with Crippen molar-refractivity contribution < 1.29 is 4.39 Å². The van der Waals surface area contributed by atoms with Crippen LogP contribution in [0, 0.1) is 12.7 Å². The number of halogens is 1. The molecule has 3 rings (SSSR count). The third-order valence-corrected chi connectivity index (χ3v) is 3.73. The molecule has 0 bridgehead atoms. The lowest BCUT2D eigenvalue weighted by Gasteiger charge is -2.11. The SMILES string of the molecule is Cc1cc(F)ccc1-c1cccc(CNNc2ccccc2)c1. The summed E-state index contributed by atoms with van der Waals surface area (Å²) in [6.45, 7) is 2.63. The molecule has 0 atom stereocenters. The predicted octanol–water partition coefficient (Wildman–Crippen LogP) is 4.92. The lowest BCUT2D eigenvalue weighted by atomic mass is 9.99. The molecule has 3 heteroatoms. The largest absolute Gasteiger partial charge is 0.321 e. The van der Waals surface area contributed by atoms with E-state index in [4.69, 9.17) is 0 Å². The van der Waals surface area contributed by atoms with Gasteiger partial charge in [0.2, 0.25) is 0 Å². The lowest BCUT2D eigenvalue weighted by molar-refractivity contribution is 0.627. The van der Waals surface area contributed by atoms with E-state index in [0.29, 0.717) is 6.54 Å². The number of hydrazine groups is 1. The number of anilines is 1. The van der Waals surface area contributed by atoms with Crippen molar-refractivity contribution >= 4 is 5.69 Å². The summed E-state index contributed by atoms with van der Waals surface area (Å²) < 4.78 is 13.3. The molecule has 0 saturated heterocycles. The Kier molecular flexibility index (Phi) is 4.69. The normalized spacial score (nSPS) is 10.5. The molecule has 23 heavy (non-hydrogen) atoms. The number of aryl methyl sites for hydroxylation is 1. The van der Waals surface area contributed by atoms with Crippen molar-refractivity contribution in [3.05, 3.63) is 89.7 Å². The van der Waals surface area contributed by atoms with Crippen molar-refractivity contribution in [2.45, 2.75) is 13.5 Å². The average molecular weight is 306 g/mol.